The van der Waals surface area contributed by atoms with E-state index in [1.54, 1.807) is 6.07 Å². The van der Waals surface area contributed by atoms with Crippen LogP contribution in [0.5, 0.6) is 0 Å². The van der Waals surface area contributed by atoms with Gasteiger partial charge in [0.05, 0.1) is 0 Å². The van der Waals surface area contributed by atoms with Crippen LogP contribution < -0.4 is 5.46 Å². The molecule has 0 saturated carbocycles. The first-order valence-electron chi connectivity index (χ1n) is 39.4. The van der Waals surface area contributed by atoms with Gasteiger partial charge in [0.1, 0.15) is 0 Å². The molecule has 2 nitrogen and oxygen atoms in total. The molecule has 0 spiro atoms. The Morgan fingerprint density at radius 3 is 0.912 bits per heavy atom. The Labute approximate surface area is 674 Å². The van der Waals surface area contributed by atoms with Gasteiger partial charge in [0.15, 0.2) is 0 Å². The van der Waals surface area contributed by atoms with Gasteiger partial charge < -0.3 is 10.0 Å². The monoisotopic (exact) mass is 1520 g/mol. The number of fused-ring (bicyclic) bond motifs is 6. The third-order valence-electron chi connectivity index (χ3n) is 24.5. The van der Waals surface area contributed by atoms with E-state index in [4.69, 9.17) is 0 Å². The average Bonchev–Trinajstić information content (AvgIpc) is 1.38. The van der Waals surface area contributed by atoms with Crippen molar-refractivity contribution in [2.75, 3.05) is 0 Å². The van der Waals surface area contributed by atoms with Crippen molar-refractivity contribution < 1.29 is 10.0 Å². The Morgan fingerprint density at radius 2 is 0.491 bits per heavy atom. The fourth-order valence-electron chi connectivity index (χ4n) is 19.0. The zero-order chi connectivity index (χ0) is 76.9. The molecule has 0 bridgehead atoms. The zero-order valence-electron chi connectivity index (χ0n) is 63.8. The highest BCUT2D eigenvalue weighted by Gasteiger charge is 2.37. The molecular weight excluding hydrogens is 1440 g/mol. The molecule has 20 aromatic carbocycles. The lowest BCUT2D eigenvalue weighted by atomic mass is 9.75. The second kappa shape index (κ2) is 28.3. The maximum atomic E-state index is 9.30. The Hall–Kier alpha value is -13.1. The summed E-state index contributed by atoms with van der Waals surface area (Å²) in [4.78, 5) is 0. The molecule has 2 N–H and O–H groups in total. The zero-order valence-corrected chi connectivity index (χ0v) is 65.4. The lowest BCUT2D eigenvalue weighted by molar-refractivity contribution is 0.425. The maximum Gasteiger partial charge on any atom is 0.488 e. The molecular formula is C110H78BBrO2. The first-order valence-corrected chi connectivity index (χ1v) is 40.2. The van der Waals surface area contributed by atoms with Crippen LogP contribution in [0.25, 0.3) is 187 Å². The van der Waals surface area contributed by atoms with Gasteiger partial charge in [-0.05, 0) is 233 Å². The molecule has 540 valence electrons. The summed E-state index contributed by atoms with van der Waals surface area (Å²) in [5.74, 6) is 0. The normalized spacial score (nSPS) is 12.8. The maximum absolute atomic E-state index is 9.30. The molecule has 0 heterocycles. The summed E-state index contributed by atoms with van der Waals surface area (Å²) in [5.41, 5.74) is 33.2. The molecule has 0 aromatic heterocycles. The van der Waals surface area contributed by atoms with Crippen LogP contribution in [-0.4, -0.2) is 17.2 Å². The third-order valence-corrected chi connectivity index (χ3v) is 25.2. The van der Waals surface area contributed by atoms with Crippen LogP contribution in [0.2, 0.25) is 0 Å². The van der Waals surface area contributed by atoms with Crippen molar-refractivity contribution in [2.24, 2.45) is 0 Å². The van der Waals surface area contributed by atoms with Crippen molar-refractivity contribution in [1.29, 1.82) is 0 Å². The van der Waals surface area contributed by atoms with Gasteiger partial charge in [-0.15, -0.1) is 0 Å². The lowest BCUT2D eigenvalue weighted by Gasteiger charge is -2.23. The molecule has 0 radical (unpaired) electrons. The van der Waals surface area contributed by atoms with Gasteiger partial charge in [0.25, 0.3) is 0 Å². The van der Waals surface area contributed by atoms with Crippen molar-refractivity contribution >= 4 is 93.1 Å². The molecule has 0 atom stereocenters. The van der Waals surface area contributed by atoms with E-state index in [9.17, 15) is 10.0 Å². The molecule has 2 aliphatic rings. The first kappa shape index (κ1) is 70.1. The standard InChI is InChI=1S/C55H38.C40H25Br.C15H15BO2/c1-55(2)51-24-14-13-23-44(51)45-29-27-38(33-52(45)55)49-34-50(42-22-12-10-20-40(42)36-17-7-4-8-18-36)48-30-26-37-25-28-43(46-31-32-47(49)54(48)53(37)46)41-21-11-9-19-39(41)35-15-5-3-6-16-35;41-38-25-37(32-18-10-8-16-30(32)27-13-5-2-6-14-27)35-22-20-28-19-21-33(34-23-24-36(38)40(35)39(28)34)31-17-9-7-15-29(31)26-11-3-1-4-12-26;1-15(2)13-6-4-3-5-11(13)12-8-7-10(16(17)18)9-14(12)15/h3-34H,1-2H3;1-25H;3-9,17-18H,1-2H3. The number of rotatable bonds is 10. The van der Waals surface area contributed by atoms with Crippen LogP contribution in [-0.2, 0) is 10.8 Å². The minimum Gasteiger partial charge on any atom is -0.423 e. The molecule has 0 saturated heterocycles. The van der Waals surface area contributed by atoms with Gasteiger partial charge in [-0.3, -0.25) is 0 Å². The Morgan fingerprint density at radius 1 is 0.202 bits per heavy atom. The van der Waals surface area contributed by atoms with E-state index in [0.29, 0.717) is 5.46 Å². The van der Waals surface area contributed by atoms with Gasteiger partial charge >= 0.3 is 7.12 Å². The number of benzene rings is 20. The van der Waals surface area contributed by atoms with Crippen LogP contribution in [0, 0.1) is 0 Å². The summed E-state index contributed by atoms with van der Waals surface area (Å²) < 4.78 is 1.12. The van der Waals surface area contributed by atoms with E-state index >= 15 is 0 Å². The summed E-state index contributed by atoms with van der Waals surface area (Å²) in [7, 11) is -1.41. The fourth-order valence-corrected chi connectivity index (χ4v) is 19.6. The highest BCUT2D eigenvalue weighted by atomic mass is 79.9. The van der Waals surface area contributed by atoms with Gasteiger partial charge in [0.2, 0.25) is 0 Å². The van der Waals surface area contributed by atoms with Crippen molar-refractivity contribution in [1.82, 2.24) is 0 Å². The lowest BCUT2D eigenvalue weighted by Crippen LogP contribution is -2.31. The largest absolute Gasteiger partial charge is 0.488 e. The first-order chi connectivity index (χ1) is 55.8. The minimum atomic E-state index is -1.41. The topological polar surface area (TPSA) is 40.5 Å². The highest BCUT2D eigenvalue weighted by molar-refractivity contribution is 9.10. The Balaban J connectivity index is 0.000000125. The molecule has 4 heteroatoms. The summed E-state index contributed by atoms with van der Waals surface area (Å²) >= 11 is 3.98. The summed E-state index contributed by atoms with van der Waals surface area (Å²) in [6.07, 6.45) is 0. The predicted molar refractivity (Wildman–Crippen MR) is 488 cm³/mol. The Kier molecular flexibility index (Phi) is 17.4. The van der Waals surface area contributed by atoms with Crippen molar-refractivity contribution in [3.8, 4) is 122 Å². The molecule has 20 aromatic rings. The van der Waals surface area contributed by atoms with Gasteiger partial charge in [-0.2, -0.15) is 0 Å². The Bertz CT molecular complexity index is 7120. The predicted octanol–water partition coefficient (Wildman–Crippen LogP) is 28.9. The van der Waals surface area contributed by atoms with Crippen LogP contribution in [0.15, 0.2) is 393 Å². The van der Waals surface area contributed by atoms with Gasteiger partial charge in [-0.25, -0.2) is 0 Å². The minimum absolute atomic E-state index is 0.0865. The second-order valence-electron chi connectivity index (χ2n) is 31.5. The van der Waals surface area contributed by atoms with Crippen LogP contribution in [0.4, 0.5) is 0 Å². The molecule has 0 fully saturated rings. The van der Waals surface area contributed by atoms with Crippen LogP contribution >= 0.6 is 15.9 Å². The van der Waals surface area contributed by atoms with Crippen molar-refractivity contribution in [3.63, 3.8) is 0 Å². The van der Waals surface area contributed by atoms with Gasteiger partial charge in [0, 0.05) is 15.3 Å². The smallest absolute Gasteiger partial charge is 0.423 e. The van der Waals surface area contributed by atoms with E-state index in [2.05, 4.69) is 402 Å². The summed E-state index contributed by atoms with van der Waals surface area (Å²) in [6, 6.07) is 141. The number of halogens is 1. The molecule has 114 heavy (non-hydrogen) atoms. The van der Waals surface area contributed by atoms with E-state index in [1.807, 2.05) is 24.3 Å². The third kappa shape index (κ3) is 11.7. The number of hydrogen-bond donors (Lipinski definition) is 2. The molecule has 0 amide bonds. The number of hydrogen-bond acceptors (Lipinski definition) is 2. The SMILES string of the molecule is Brc1cc(-c2ccccc2-c2ccccc2)c2ccc3ccc(-c4ccccc4-c4ccccc4)c4ccc1c2c34.CC1(C)c2ccccc2-c2ccc(-c3cc(-c4ccccc4-c4ccccc4)c4ccc5ccc(-c6ccccc6-c6ccccc6)c6ccc3c4c56)cc21.CC1(C)c2ccccc2-c2ccc(B(O)O)cc21. The average molecular weight is 1520 g/mol. The van der Waals surface area contributed by atoms with Crippen molar-refractivity contribution in [3.05, 3.63) is 415 Å². The van der Waals surface area contributed by atoms with E-state index in [0.717, 1.165) is 10.0 Å². The summed E-state index contributed by atoms with van der Waals surface area (Å²) in [5, 5.41) is 34.1. The highest BCUT2D eigenvalue weighted by Crippen LogP contribution is 2.55. The van der Waals surface area contributed by atoms with Gasteiger partial charge in [-0.1, -0.05) is 414 Å². The second-order valence-corrected chi connectivity index (χ2v) is 32.4. The van der Waals surface area contributed by atoms with E-state index in [1.165, 1.54) is 204 Å². The molecule has 2 aliphatic carbocycles. The van der Waals surface area contributed by atoms with E-state index in [-0.39, 0.29) is 10.8 Å². The fraction of sp³-hybridized carbons (Fsp3) is 0.0545. The molecule has 0 unspecified atom stereocenters. The summed E-state index contributed by atoms with van der Waals surface area (Å²) in [6.45, 7) is 9.10. The van der Waals surface area contributed by atoms with Crippen LogP contribution in [0.1, 0.15) is 49.9 Å². The van der Waals surface area contributed by atoms with E-state index < -0.39 is 7.12 Å². The quantitative estimate of drug-likeness (QED) is 0.106. The van der Waals surface area contributed by atoms with Crippen LogP contribution in [0.3, 0.4) is 0 Å². The molecule has 22 rings (SSSR count). The molecule has 0 aliphatic heterocycles. The van der Waals surface area contributed by atoms with Crippen molar-refractivity contribution in [2.45, 2.75) is 38.5 Å².